The van der Waals surface area contributed by atoms with E-state index in [2.05, 4.69) is 10.3 Å². The average molecular weight is 424 g/mol. The number of ether oxygens (including phenoxy) is 2. The average Bonchev–Trinajstić information content (AvgIpc) is 3.09. The fourth-order valence-corrected chi connectivity index (χ4v) is 3.91. The molecular weight excluding hydrogens is 404 g/mol. The van der Waals surface area contributed by atoms with Crippen molar-refractivity contribution in [3.05, 3.63) is 70.9 Å². The van der Waals surface area contributed by atoms with E-state index in [4.69, 9.17) is 9.47 Å². The monoisotopic (exact) mass is 424 g/mol. The van der Waals surface area contributed by atoms with E-state index < -0.39 is 24.5 Å². The third-order valence-corrected chi connectivity index (χ3v) is 5.11. The van der Waals surface area contributed by atoms with Gasteiger partial charge in [-0.25, -0.2) is 14.6 Å². The number of aromatic nitrogens is 1. The van der Waals surface area contributed by atoms with Crippen molar-refractivity contribution in [2.24, 2.45) is 0 Å². The molecule has 0 aliphatic carbocycles. The lowest BCUT2D eigenvalue weighted by molar-refractivity contribution is -0.119. The molecule has 1 amide bonds. The first-order valence-corrected chi connectivity index (χ1v) is 10.1. The summed E-state index contributed by atoms with van der Waals surface area (Å²) in [5.41, 5.74) is 1.95. The van der Waals surface area contributed by atoms with E-state index in [1.807, 2.05) is 37.3 Å². The van der Waals surface area contributed by atoms with Gasteiger partial charge in [0.1, 0.15) is 16.3 Å². The number of hydrogen-bond donors (Lipinski definition) is 1. The summed E-state index contributed by atoms with van der Waals surface area (Å²) in [7, 11) is 0. The number of nitrogens with zero attached hydrogens (tertiary/aromatic N) is 1. The maximum absolute atomic E-state index is 12.6. The standard InChI is InChI=1S/C22H20N2O5S/c1-3-28-22(27)19-18(15-9-5-4-6-10-15)14(2)30-20(19)24-17(25)13-29-21(26)16-11-7-8-12-23-16/h4-12H,3,13H2,1-2H3,(H,24,25). The van der Waals surface area contributed by atoms with Crippen LogP contribution in [0.4, 0.5) is 5.00 Å². The number of carbonyl (C=O) groups excluding carboxylic acids is 3. The SMILES string of the molecule is CCOC(=O)c1c(NC(=O)COC(=O)c2ccccn2)sc(C)c1-c1ccccc1. The summed E-state index contributed by atoms with van der Waals surface area (Å²) >= 11 is 1.26. The summed E-state index contributed by atoms with van der Waals surface area (Å²) in [6, 6.07) is 14.2. The van der Waals surface area contributed by atoms with Gasteiger partial charge in [-0.15, -0.1) is 11.3 Å². The normalized spacial score (nSPS) is 10.3. The van der Waals surface area contributed by atoms with E-state index in [1.165, 1.54) is 23.6 Å². The molecule has 0 fully saturated rings. The van der Waals surface area contributed by atoms with Gasteiger partial charge in [0.05, 0.1) is 6.61 Å². The number of amides is 1. The van der Waals surface area contributed by atoms with Crippen LogP contribution in [0.2, 0.25) is 0 Å². The van der Waals surface area contributed by atoms with E-state index in [0.717, 1.165) is 10.4 Å². The molecule has 0 spiro atoms. The van der Waals surface area contributed by atoms with E-state index in [1.54, 1.807) is 19.1 Å². The maximum atomic E-state index is 12.6. The molecule has 0 atom stereocenters. The van der Waals surface area contributed by atoms with Crippen LogP contribution in [-0.2, 0) is 14.3 Å². The van der Waals surface area contributed by atoms with Gasteiger partial charge in [-0.2, -0.15) is 0 Å². The molecule has 2 aromatic heterocycles. The summed E-state index contributed by atoms with van der Waals surface area (Å²) in [6.45, 7) is 3.29. The molecule has 1 N–H and O–H groups in total. The summed E-state index contributed by atoms with van der Waals surface area (Å²) < 4.78 is 10.2. The lowest BCUT2D eigenvalue weighted by atomic mass is 10.0. The maximum Gasteiger partial charge on any atom is 0.357 e. The number of hydrogen-bond acceptors (Lipinski definition) is 7. The Bertz CT molecular complexity index is 1050. The number of benzene rings is 1. The second-order valence-corrected chi connectivity index (χ2v) is 7.39. The zero-order valence-electron chi connectivity index (χ0n) is 16.5. The minimum atomic E-state index is -0.705. The van der Waals surface area contributed by atoms with Gasteiger partial charge >= 0.3 is 11.9 Å². The minimum absolute atomic E-state index is 0.107. The number of thiophene rings is 1. The molecule has 0 unspecified atom stereocenters. The van der Waals surface area contributed by atoms with Crippen molar-refractivity contribution in [1.29, 1.82) is 0 Å². The van der Waals surface area contributed by atoms with Gasteiger partial charge in [-0.3, -0.25) is 4.79 Å². The molecule has 0 radical (unpaired) electrons. The molecule has 3 aromatic rings. The van der Waals surface area contributed by atoms with Gasteiger partial charge in [0.2, 0.25) is 0 Å². The van der Waals surface area contributed by atoms with Crippen molar-refractivity contribution >= 4 is 34.2 Å². The third-order valence-electron chi connectivity index (χ3n) is 4.09. The summed E-state index contributed by atoms with van der Waals surface area (Å²) in [5, 5.41) is 3.02. The molecule has 2 heterocycles. The molecule has 0 aliphatic heterocycles. The highest BCUT2D eigenvalue weighted by Crippen LogP contribution is 2.40. The quantitative estimate of drug-likeness (QED) is 0.574. The fraction of sp³-hybridized carbons (Fsp3) is 0.182. The molecule has 7 nitrogen and oxygen atoms in total. The molecule has 0 aliphatic rings. The van der Waals surface area contributed by atoms with Crippen molar-refractivity contribution in [3.63, 3.8) is 0 Å². The summed E-state index contributed by atoms with van der Waals surface area (Å²) in [5.74, 6) is -1.80. The largest absolute Gasteiger partial charge is 0.462 e. The zero-order chi connectivity index (χ0) is 21.5. The number of anilines is 1. The number of aryl methyl sites for hydroxylation is 1. The predicted molar refractivity (Wildman–Crippen MR) is 114 cm³/mol. The molecule has 0 saturated heterocycles. The van der Waals surface area contributed by atoms with Crippen LogP contribution in [0.15, 0.2) is 54.7 Å². The van der Waals surface area contributed by atoms with Crippen molar-refractivity contribution in [1.82, 2.24) is 4.98 Å². The Morgan fingerprint density at radius 2 is 1.73 bits per heavy atom. The van der Waals surface area contributed by atoms with Crippen LogP contribution in [0.5, 0.6) is 0 Å². The fourth-order valence-electron chi connectivity index (χ4n) is 2.83. The lowest BCUT2D eigenvalue weighted by Gasteiger charge is -2.09. The van der Waals surface area contributed by atoms with Crippen LogP contribution in [-0.4, -0.2) is 36.0 Å². The molecular formula is C22H20N2O5S. The van der Waals surface area contributed by atoms with Crippen LogP contribution in [0, 0.1) is 6.92 Å². The van der Waals surface area contributed by atoms with E-state index in [0.29, 0.717) is 10.6 Å². The lowest BCUT2D eigenvalue weighted by Crippen LogP contribution is -2.22. The topological polar surface area (TPSA) is 94.6 Å². The first kappa shape index (κ1) is 21.2. The van der Waals surface area contributed by atoms with Gasteiger partial charge in [-0.1, -0.05) is 36.4 Å². The zero-order valence-corrected chi connectivity index (χ0v) is 17.3. The van der Waals surface area contributed by atoms with Crippen LogP contribution in [0.3, 0.4) is 0 Å². The first-order valence-electron chi connectivity index (χ1n) is 9.25. The van der Waals surface area contributed by atoms with Gasteiger partial charge in [0.15, 0.2) is 6.61 Å². The Labute approximate surface area is 177 Å². The first-order chi connectivity index (χ1) is 14.5. The Balaban J connectivity index is 1.80. The van der Waals surface area contributed by atoms with Crippen LogP contribution in [0.1, 0.15) is 32.6 Å². The number of carbonyl (C=O) groups is 3. The van der Waals surface area contributed by atoms with Gasteiger partial charge in [0.25, 0.3) is 5.91 Å². The number of pyridine rings is 1. The van der Waals surface area contributed by atoms with Gasteiger partial charge < -0.3 is 14.8 Å². The number of esters is 2. The minimum Gasteiger partial charge on any atom is -0.462 e. The van der Waals surface area contributed by atoms with Crippen molar-refractivity contribution < 1.29 is 23.9 Å². The van der Waals surface area contributed by atoms with Crippen molar-refractivity contribution in [3.8, 4) is 11.1 Å². The second-order valence-electron chi connectivity index (χ2n) is 6.16. The number of rotatable bonds is 7. The van der Waals surface area contributed by atoms with Crippen LogP contribution >= 0.6 is 11.3 Å². The summed E-state index contributed by atoms with van der Waals surface area (Å²) in [4.78, 5) is 41.7. The van der Waals surface area contributed by atoms with E-state index in [-0.39, 0.29) is 17.9 Å². The van der Waals surface area contributed by atoms with Gasteiger partial charge in [-0.05, 0) is 31.5 Å². The van der Waals surface area contributed by atoms with E-state index >= 15 is 0 Å². The smallest absolute Gasteiger partial charge is 0.357 e. The van der Waals surface area contributed by atoms with Crippen molar-refractivity contribution in [2.75, 3.05) is 18.5 Å². The Kier molecular flexibility index (Phi) is 6.92. The molecule has 8 heteroatoms. The third kappa shape index (κ3) is 4.90. The molecule has 0 saturated carbocycles. The molecule has 154 valence electrons. The number of nitrogens with one attached hydrogen (secondary N) is 1. The van der Waals surface area contributed by atoms with Crippen LogP contribution in [0.25, 0.3) is 11.1 Å². The molecule has 0 bridgehead atoms. The predicted octanol–water partition coefficient (Wildman–Crippen LogP) is 4.09. The molecule has 1 aromatic carbocycles. The second kappa shape index (κ2) is 9.80. The highest BCUT2D eigenvalue weighted by molar-refractivity contribution is 7.17. The highest BCUT2D eigenvalue weighted by atomic mass is 32.1. The Hall–Kier alpha value is -3.52. The van der Waals surface area contributed by atoms with Crippen LogP contribution < -0.4 is 5.32 Å². The summed E-state index contributed by atoms with van der Waals surface area (Å²) in [6.07, 6.45) is 1.46. The van der Waals surface area contributed by atoms with Crippen molar-refractivity contribution in [2.45, 2.75) is 13.8 Å². The molecule has 30 heavy (non-hydrogen) atoms. The van der Waals surface area contributed by atoms with E-state index in [9.17, 15) is 14.4 Å². The Morgan fingerprint density at radius 3 is 2.40 bits per heavy atom. The highest BCUT2D eigenvalue weighted by Gasteiger charge is 2.25. The molecule has 3 rings (SSSR count). The van der Waals surface area contributed by atoms with Gasteiger partial charge in [0, 0.05) is 16.6 Å². The Morgan fingerprint density at radius 1 is 1.00 bits per heavy atom.